The van der Waals surface area contributed by atoms with Gasteiger partial charge in [-0.1, -0.05) is 25.1 Å². The molecule has 0 saturated heterocycles. The molecule has 0 aliphatic carbocycles. The fourth-order valence-corrected chi connectivity index (χ4v) is 2.51. The van der Waals surface area contributed by atoms with Crippen LogP contribution in [0.25, 0.3) is 11.0 Å². The van der Waals surface area contributed by atoms with Crippen molar-refractivity contribution in [3.8, 4) is 0 Å². The normalized spacial score (nSPS) is 14.7. The SMILES string of the molecule is CCc1c(C(C)N(C)C(C)C(=O)O)oc2ccccc12. The Bertz CT molecular complexity index is 617. The van der Waals surface area contributed by atoms with Crippen molar-refractivity contribution >= 4 is 16.9 Å². The maximum atomic E-state index is 11.1. The number of aliphatic carboxylic acids is 1. The van der Waals surface area contributed by atoms with Crippen LogP contribution in [-0.2, 0) is 11.2 Å². The molecule has 1 aromatic heterocycles. The number of likely N-dealkylation sites (N-methyl/N-ethyl adjacent to an activating group) is 1. The van der Waals surface area contributed by atoms with Crippen LogP contribution in [0.2, 0.25) is 0 Å². The van der Waals surface area contributed by atoms with Gasteiger partial charge in [-0.15, -0.1) is 0 Å². The number of fused-ring (bicyclic) bond motifs is 1. The number of hydrogen-bond donors (Lipinski definition) is 1. The van der Waals surface area contributed by atoms with Crippen molar-refractivity contribution in [1.29, 1.82) is 0 Å². The number of benzene rings is 1. The second-order valence-corrected chi connectivity index (χ2v) is 5.15. The topological polar surface area (TPSA) is 53.7 Å². The number of furan rings is 1. The summed E-state index contributed by atoms with van der Waals surface area (Å²) in [5.41, 5.74) is 2.03. The predicted molar refractivity (Wildman–Crippen MR) is 78.9 cm³/mol. The number of aryl methyl sites for hydroxylation is 1. The minimum absolute atomic E-state index is 0.0801. The summed E-state index contributed by atoms with van der Waals surface area (Å²) in [6, 6.07) is 7.31. The third-order valence-corrected chi connectivity index (χ3v) is 4.04. The van der Waals surface area contributed by atoms with Crippen molar-refractivity contribution in [3.05, 3.63) is 35.6 Å². The Morgan fingerprint density at radius 2 is 2.00 bits per heavy atom. The van der Waals surface area contributed by atoms with Crippen LogP contribution in [0.4, 0.5) is 0 Å². The molecule has 2 aromatic rings. The highest BCUT2D eigenvalue weighted by Crippen LogP contribution is 2.33. The van der Waals surface area contributed by atoms with Crippen molar-refractivity contribution < 1.29 is 14.3 Å². The van der Waals surface area contributed by atoms with Gasteiger partial charge in [0.2, 0.25) is 0 Å². The van der Waals surface area contributed by atoms with Crippen molar-refractivity contribution in [3.63, 3.8) is 0 Å². The largest absolute Gasteiger partial charge is 0.480 e. The maximum Gasteiger partial charge on any atom is 0.320 e. The predicted octanol–water partition coefficient (Wildman–Crippen LogP) is 3.46. The van der Waals surface area contributed by atoms with Gasteiger partial charge in [0.25, 0.3) is 0 Å². The lowest BCUT2D eigenvalue weighted by molar-refractivity contribution is -0.142. The Hall–Kier alpha value is -1.81. The Labute approximate surface area is 119 Å². The third kappa shape index (κ3) is 2.43. The molecule has 1 heterocycles. The van der Waals surface area contributed by atoms with Crippen LogP contribution >= 0.6 is 0 Å². The van der Waals surface area contributed by atoms with E-state index >= 15 is 0 Å². The van der Waals surface area contributed by atoms with E-state index in [0.29, 0.717) is 0 Å². The summed E-state index contributed by atoms with van der Waals surface area (Å²) in [5.74, 6) is 0.0396. The Morgan fingerprint density at radius 1 is 1.35 bits per heavy atom. The molecule has 0 aliphatic heterocycles. The molecule has 1 N–H and O–H groups in total. The highest BCUT2D eigenvalue weighted by Gasteiger charge is 2.27. The van der Waals surface area contributed by atoms with E-state index in [1.165, 1.54) is 0 Å². The van der Waals surface area contributed by atoms with Crippen molar-refractivity contribution in [2.75, 3.05) is 7.05 Å². The molecule has 0 aliphatic rings. The number of carboxylic acid groups (broad SMARTS) is 1. The van der Waals surface area contributed by atoms with Crippen LogP contribution in [0, 0.1) is 0 Å². The first-order chi connectivity index (χ1) is 9.47. The summed E-state index contributed by atoms with van der Waals surface area (Å²) in [7, 11) is 1.82. The van der Waals surface area contributed by atoms with Crippen LogP contribution in [-0.4, -0.2) is 29.1 Å². The van der Waals surface area contributed by atoms with Gasteiger partial charge in [-0.05, 0) is 33.4 Å². The summed E-state index contributed by atoms with van der Waals surface area (Å²) >= 11 is 0. The molecule has 0 saturated carbocycles. The molecule has 1 aromatic carbocycles. The van der Waals surface area contributed by atoms with Gasteiger partial charge < -0.3 is 9.52 Å². The minimum atomic E-state index is -0.825. The minimum Gasteiger partial charge on any atom is -0.480 e. The van der Waals surface area contributed by atoms with Crippen LogP contribution in [0.3, 0.4) is 0 Å². The summed E-state index contributed by atoms with van der Waals surface area (Å²) < 4.78 is 5.97. The Kier molecular flexibility index (Phi) is 4.14. The maximum absolute atomic E-state index is 11.1. The van der Waals surface area contributed by atoms with E-state index in [1.807, 2.05) is 37.1 Å². The Morgan fingerprint density at radius 3 is 2.60 bits per heavy atom. The zero-order chi connectivity index (χ0) is 14.9. The first kappa shape index (κ1) is 14.6. The fraction of sp³-hybridized carbons (Fsp3) is 0.438. The standard InChI is InChI=1S/C16H21NO3/c1-5-12-13-8-6-7-9-14(13)20-15(12)10(2)17(4)11(3)16(18)19/h6-11H,5H2,1-4H3,(H,18,19). The van der Waals surface area contributed by atoms with E-state index in [1.54, 1.807) is 6.92 Å². The lowest BCUT2D eigenvalue weighted by Gasteiger charge is -2.27. The second kappa shape index (κ2) is 5.67. The molecule has 0 spiro atoms. The number of carbonyl (C=O) groups is 1. The van der Waals surface area contributed by atoms with E-state index in [4.69, 9.17) is 9.52 Å². The molecule has 0 bridgehead atoms. The molecule has 20 heavy (non-hydrogen) atoms. The Balaban J connectivity index is 2.44. The fourth-order valence-electron chi connectivity index (χ4n) is 2.51. The van der Waals surface area contributed by atoms with Crippen molar-refractivity contribution in [1.82, 2.24) is 4.90 Å². The highest BCUT2D eigenvalue weighted by molar-refractivity contribution is 5.82. The van der Waals surface area contributed by atoms with Crippen molar-refractivity contribution in [2.24, 2.45) is 0 Å². The summed E-state index contributed by atoms with van der Waals surface area (Å²) in [4.78, 5) is 12.9. The van der Waals surface area contributed by atoms with Gasteiger partial charge in [-0.3, -0.25) is 9.69 Å². The van der Waals surface area contributed by atoms with Gasteiger partial charge in [0.15, 0.2) is 0 Å². The van der Waals surface area contributed by atoms with Gasteiger partial charge in [0, 0.05) is 10.9 Å². The number of para-hydroxylation sites is 1. The molecule has 108 valence electrons. The highest BCUT2D eigenvalue weighted by atomic mass is 16.4. The smallest absolute Gasteiger partial charge is 0.320 e. The summed E-state index contributed by atoms with van der Waals surface area (Å²) in [6.45, 7) is 5.76. The monoisotopic (exact) mass is 275 g/mol. The van der Waals surface area contributed by atoms with E-state index < -0.39 is 12.0 Å². The quantitative estimate of drug-likeness (QED) is 0.908. The van der Waals surface area contributed by atoms with Gasteiger partial charge in [-0.2, -0.15) is 0 Å². The van der Waals surface area contributed by atoms with E-state index in [-0.39, 0.29) is 6.04 Å². The van der Waals surface area contributed by atoms with E-state index in [9.17, 15) is 4.79 Å². The van der Waals surface area contributed by atoms with Gasteiger partial charge in [0.05, 0.1) is 6.04 Å². The molecule has 2 atom stereocenters. The van der Waals surface area contributed by atoms with Crippen LogP contribution in [0.1, 0.15) is 38.1 Å². The number of rotatable bonds is 5. The first-order valence-corrected chi connectivity index (χ1v) is 6.92. The van der Waals surface area contributed by atoms with Crippen LogP contribution in [0.5, 0.6) is 0 Å². The third-order valence-electron chi connectivity index (χ3n) is 4.04. The first-order valence-electron chi connectivity index (χ1n) is 6.92. The van der Waals surface area contributed by atoms with Crippen LogP contribution < -0.4 is 0 Å². The molecular weight excluding hydrogens is 254 g/mol. The zero-order valence-corrected chi connectivity index (χ0v) is 12.4. The van der Waals surface area contributed by atoms with Gasteiger partial charge >= 0.3 is 5.97 Å². The van der Waals surface area contributed by atoms with Gasteiger partial charge in [-0.25, -0.2) is 0 Å². The van der Waals surface area contributed by atoms with Crippen LogP contribution in [0.15, 0.2) is 28.7 Å². The molecule has 2 rings (SSSR count). The van der Waals surface area contributed by atoms with E-state index in [0.717, 1.165) is 28.7 Å². The van der Waals surface area contributed by atoms with E-state index in [2.05, 4.69) is 13.0 Å². The number of hydrogen-bond acceptors (Lipinski definition) is 3. The second-order valence-electron chi connectivity index (χ2n) is 5.15. The summed E-state index contributed by atoms with van der Waals surface area (Å²) in [6.07, 6.45) is 0.867. The molecular formula is C16H21NO3. The molecule has 0 amide bonds. The lowest BCUT2D eigenvalue weighted by atomic mass is 10.0. The lowest BCUT2D eigenvalue weighted by Crippen LogP contribution is -2.37. The number of carboxylic acids is 1. The average molecular weight is 275 g/mol. The molecule has 4 heteroatoms. The summed E-state index contributed by atoms with van der Waals surface area (Å²) in [5, 5.41) is 10.3. The molecule has 4 nitrogen and oxygen atoms in total. The zero-order valence-electron chi connectivity index (χ0n) is 12.4. The molecule has 0 radical (unpaired) electrons. The number of nitrogens with zero attached hydrogens (tertiary/aromatic N) is 1. The van der Waals surface area contributed by atoms with Gasteiger partial charge in [0.1, 0.15) is 17.4 Å². The average Bonchev–Trinajstić information content (AvgIpc) is 2.83. The molecule has 2 unspecified atom stereocenters. The van der Waals surface area contributed by atoms with Crippen molar-refractivity contribution in [2.45, 2.75) is 39.3 Å². The molecule has 0 fully saturated rings.